The standard InChI is InChI=1S/C23H24N2O3/c1-16-6-5-7-22(17(16)2)28-15-19-12-18(9-11-23(19)27-4)8-10-21(26)20-13-24-25(3)14-20/h5-14H,15H2,1-4H3/b10-8+. The highest BCUT2D eigenvalue weighted by Crippen LogP contribution is 2.25. The maximum atomic E-state index is 12.2. The number of allylic oxidation sites excluding steroid dienone is 1. The van der Waals surface area contributed by atoms with Gasteiger partial charge in [-0.25, -0.2) is 0 Å². The molecular weight excluding hydrogens is 352 g/mol. The van der Waals surface area contributed by atoms with Crippen LogP contribution in [-0.4, -0.2) is 22.7 Å². The third kappa shape index (κ3) is 4.49. The summed E-state index contributed by atoms with van der Waals surface area (Å²) in [5.74, 6) is 1.52. The van der Waals surface area contributed by atoms with Crippen LogP contribution in [0.25, 0.3) is 6.08 Å². The highest BCUT2D eigenvalue weighted by atomic mass is 16.5. The Balaban J connectivity index is 1.77. The van der Waals surface area contributed by atoms with Crippen LogP contribution in [0.4, 0.5) is 0 Å². The van der Waals surface area contributed by atoms with Gasteiger partial charge in [0, 0.05) is 18.8 Å². The molecule has 28 heavy (non-hydrogen) atoms. The van der Waals surface area contributed by atoms with Gasteiger partial charge in [-0.3, -0.25) is 9.48 Å². The predicted octanol–water partition coefficient (Wildman–Crippen LogP) is 4.52. The normalized spacial score (nSPS) is 11.0. The number of hydrogen-bond donors (Lipinski definition) is 0. The molecule has 1 aromatic heterocycles. The van der Waals surface area contributed by atoms with Gasteiger partial charge in [0.25, 0.3) is 0 Å². The Bertz CT molecular complexity index is 1020. The Morgan fingerprint density at radius 1 is 1.18 bits per heavy atom. The molecular formula is C23H24N2O3. The second-order valence-corrected chi connectivity index (χ2v) is 6.66. The van der Waals surface area contributed by atoms with E-state index in [1.807, 2.05) is 37.3 Å². The number of aromatic nitrogens is 2. The fourth-order valence-electron chi connectivity index (χ4n) is 2.87. The van der Waals surface area contributed by atoms with Crippen molar-refractivity contribution in [2.75, 3.05) is 7.11 Å². The van der Waals surface area contributed by atoms with Crippen molar-refractivity contribution in [2.45, 2.75) is 20.5 Å². The van der Waals surface area contributed by atoms with Crippen molar-refractivity contribution in [3.05, 3.63) is 82.7 Å². The van der Waals surface area contributed by atoms with E-state index >= 15 is 0 Å². The van der Waals surface area contributed by atoms with E-state index in [2.05, 4.69) is 18.1 Å². The lowest BCUT2D eigenvalue weighted by molar-refractivity contribution is 0.104. The number of aryl methyl sites for hydroxylation is 2. The van der Waals surface area contributed by atoms with Gasteiger partial charge in [-0.2, -0.15) is 5.10 Å². The fourth-order valence-corrected chi connectivity index (χ4v) is 2.87. The number of nitrogens with zero attached hydrogens (tertiary/aromatic N) is 2. The quantitative estimate of drug-likeness (QED) is 0.449. The van der Waals surface area contributed by atoms with Crippen LogP contribution in [0.5, 0.6) is 11.5 Å². The van der Waals surface area contributed by atoms with E-state index in [-0.39, 0.29) is 5.78 Å². The molecule has 3 rings (SSSR count). The number of carbonyl (C=O) groups excluding carboxylic acids is 1. The molecule has 0 N–H and O–H groups in total. The minimum Gasteiger partial charge on any atom is -0.496 e. The summed E-state index contributed by atoms with van der Waals surface area (Å²) in [6.07, 6.45) is 6.60. The summed E-state index contributed by atoms with van der Waals surface area (Å²) in [6, 6.07) is 11.8. The van der Waals surface area contributed by atoms with Crippen molar-refractivity contribution < 1.29 is 14.3 Å². The molecule has 2 aromatic carbocycles. The maximum absolute atomic E-state index is 12.2. The van der Waals surface area contributed by atoms with Crippen molar-refractivity contribution in [1.82, 2.24) is 9.78 Å². The monoisotopic (exact) mass is 376 g/mol. The molecule has 0 aliphatic carbocycles. The van der Waals surface area contributed by atoms with Gasteiger partial charge in [-0.15, -0.1) is 0 Å². The molecule has 0 bridgehead atoms. The SMILES string of the molecule is COc1ccc(/C=C/C(=O)c2cnn(C)c2)cc1COc1cccc(C)c1C. The van der Waals surface area contributed by atoms with Gasteiger partial charge in [0.2, 0.25) is 0 Å². The molecule has 1 heterocycles. The maximum Gasteiger partial charge on any atom is 0.189 e. The Morgan fingerprint density at radius 2 is 2.00 bits per heavy atom. The van der Waals surface area contributed by atoms with E-state index in [1.165, 1.54) is 5.56 Å². The summed E-state index contributed by atoms with van der Waals surface area (Å²) in [5.41, 5.74) is 4.69. The first-order valence-electron chi connectivity index (χ1n) is 9.05. The van der Waals surface area contributed by atoms with Crippen molar-refractivity contribution in [3.8, 4) is 11.5 Å². The first-order chi connectivity index (χ1) is 13.5. The smallest absolute Gasteiger partial charge is 0.189 e. The molecule has 5 heteroatoms. The molecule has 5 nitrogen and oxygen atoms in total. The molecule has 0 radical (unpaired) electrons. The molecule has 3 aromatic rings. The van der Waals surface area contributed by atoms with Crippen LogP contribution in [0.3, 0.4) is 0 Å². The Labute approximate surface area is 165 Å². The van der Waals surface area contributed by atoms with Gasteiger partial charge in [-0.1, -0.05) is 24.3 Å². The first kappa shape index (κ1) is 19.4. The van der Waals surface area contributed by atoms with Crippen molar-refractivity contribution in [2.24, 2.45) is 7.05 Å². The van der Waals surface area contributed by atoms with Crippen LogP contribution in [0.15, 0.2) is 54.9 Å². The molecule has 0 spiro atoms. The number of methoxy groups -OCH3 is 1. The summed E-state index contributed by atoms with van der Waals surface area (Å²) >= 11 is 0. The number of rotatable bonds is 7. The lowest BCUT2D eigenvalue weighted by Crippen LogP contribution is -2.01. The minimum atomic E-state index is -0.0860. The average Bonchev–Trinajstić information content (AvgIpc) is 3.13. The van der Waals surface area contributed by atoms with Crippen LogP contribution >= 0.6 is 0 Å². The van der Waals surface area contributed by atoms with E-state index in [0.29, 0.717) is 12.2 Å². The van der Waals surface area contributed by atoms with Gasteiger partial charge in [0.15, 0.2) is 5.78 Å². The second kappa shape index (κ2) is 8.57. The summed E-state index contributed by atoms with van der Waals surface area (Å²) in [7, 11) is 3.42. The summed E-state index contributed by atoms with van der Waals surface area (Å²) < 4.78 is 13.1. The van der Waals surface area contributed by atoms with Gasteiger partial charge in [0.1, 0.15) is 18.1 Å². The van der Waals surface area contributed by atoms with E-state index < -0.39 is 0 Å². The van der Waals surface area contributed by atoms with E-state index in [4.69, 9.17) is 9.47 Å². The van der Waals surface area contributed by atoms with Crippen LogP contribution in [0.2, 0.25) is 0 Å². The average molecular weight is 376 g/mol. The van der Waals surface area contributed by atoms with Gasteiger partial charge >= 0.3 is 0 Å². The lowest BCUT2D eigenvalue weighted by atomic mass is 10.1. The zero-order valence-corrected chi connectivity index (χ0v) is 16.6. The molecule has 0 aliphatic heterocycles. The molecule has 0 unspecified atom stereocenters. The molecule has 0 aliphatic rings. The molecule has 144 valence electrons. The van der Waals surface area contributed by atoms with E-state index in [0.717, 1.165) is 28.2 Å². The zero-order chi connectivity index (χ0) is 20.1. The summed E-state index contributed by atoms with van der Waals surface area (Å²) in [5, 5.41) is 4.02. The molecule has 0 saturated heterocycles. The van der Waals surface area contributed by atoms with Crippen LogP contribution in [0, 0.1) is 13.8 Å². The van der Waals surface area contributed by atoms with Gasteiger partial charge < -0.3 is 9.47 Å². The third-order valence-electron chi connectivity index (χ3n) is 4.66. The second-order valence-electron chi connectivity index (χ2n) is 6.66. The van der Waals surface area contributed by atoms with Crippen molar-refractivity contribution >= 4 is 11.9 Å². The van der Waals surface area contributed by atoms with E-state index in [1.54, 1.807) is 43.4 Å². The number of ether oxygens (including phenoxy) is 2. The number of hydrogen-bond acceptors (Lipinski definition) is 4. The third-order valence-corrected chi connectivity index (χ3v) is 4.66. The van der Waals surface area contributed by atoms with Crippen molar-refractivity contribution in [1.29, 1.82) is 0 Å². The number of carbonyl (C=O) groups is 1. The molecule has 0 atom stereocenters. The first-order valence-corrected chi connectivity index (χ1v) is 9.05. The molecule has 0 saturated carbocycles. The lowest BCUT2D eigenvalue weighted by Gasteiger charge is -2.13. The van der Waals surface area contributed by atoms with Crippen molar-refractivity contribution in [3.63, 3.8) is 0 Å². The van der Waals surface area contributed by atoms with Gasteiger partial charge in [0.05, 0.1) is 18.9 Å². The Hall–Kier alpha value is -3.34. The Morgan fingerprint density at radius 3 is 2.71 bits per heavy atom. The molecule has 0 amide bonds. The summed E-state index contributed by atoms with van der Waals surface area (Å²) in [4.78, 5) is 12.2. The molecule has 0 fully saturated rings. The highest BCUT2D eigenvalue weighted by Gasteiger charge is 2.08. The van der Waals surface area contributed by atoms with Gasteiger partial charge in [-0.05, 0) is 54.8 Å². The number of benzene rings is 2. The predicted molar refractivity (Wildman–Crippen MR) is 110 cm³/mol. The Kier molecular flexibility index (Phi) is 5.94. The highest BCUT2D eigenvalue weighted by molar-refractivity contribution is 6.06. The van der Waals surface area contributed by atoms with E-state index in [9.17, 15) is 4.79 Å². The van der Waals surface area contributed by atoms with Crippen LogP contribution in [-0.2, 0) is 13.7 Å². The fraction of sp³-hybridized carbons (Fsp3) is 0.217. The van der Waals surface area contributed by atoms with Crippen LogP contribution < -0.4 is 9.47 Å². The zero-order valence-electron chi connectivity index (χ0n) is 16.6. The number of ketones is 1. The van der Waals surface area contributed by atoms with Crippen LogP contribution in [0.1, 0.15) is 32.6 Å². The minimum absolute atomic E-state index is 0.0860. The summed E-state index contributed by atoms with van der Waals surface area (Å²) in [6.45, 7) is 4.49. The topological polar surface area (TPSA) is 53.3 Å². The largest absolute Gasteiger partial charge is 0.496 e.